The van der Waals surface area contributed by atoms with Crippen molar-refractivity contribution in [2.45, 2.75) is 19.3 Å². The molecule has 19 heavy (non-hydrogen) atoms. The summed E-state index contributed by atoms with van der Waals surface area (Å²) in [4.78, 5) is 11.6. The number of methoxy groups -OCH3 is 2. The number of rotatable bonds is 8. The van der Waals surface area contributed by atoms with Crippen molar-refractivity contribution in [3.05, 3.63) is 29.8 Å². The van der Waals surface area contributed by atoms with Crippen molar-refractivity contribution in [2.24, 2.45) is 0 Å². The van der Waals surface area contributed by atoms with Crippen LogP contribution in [0.2, 0.25) is 0 Å². The maximum absolute atomic E-state index is 11.6. The van der Waals surface area contributed by atoms with E-state index in [4.69, 9.17) is 21.1 Å². The van der Waals surface area contributed by atoms with Gasteiger partial charge in [-0.2, -0.15) is 0 Å². The highest BCUT2D eigenvalue weighted by molar-refractivity contribution is 6.17. The van der Waals surface area contributed by atoms with Gasteiger partial charge in [-0.05, 0) is 36.6 Å². The number of ketones is 1. The largest absolute Gasteiger partial charge is 0.497 e. The predicted octanol–water partition coefficient (Wildman–Crippen LogP) is 3.70. The molecule has 1 aromatic rings. The molecule has 0 N–H and O–H groups in total. The second-order valence-corrected chi connectivity index (χ2v) is 4.47. The topological polar surface area (TPSA) is 35.5 Å². The highest BCUT2D eigenvalue weighted by atomic mass is 35.5. The molecule has 0 bridgehead atoms. The van der Waals surface area contributed by atoms with Crippen LogP contribution in [0.25, 0.3) is 6.08 Å². The second-order valence-electron chi connectivity index (χ2n) is 4.09. The quantitative estimate of drug-likeness (QED) is 0.414. The van der Waals surface area contributed by atoms with Crippen LogP contribution in [0.3, 0.4) is 0 Å². The average Bonchev–Trinajstić information content (AvgIpc) is 2.45. The Morgan fingerprint density at radius 2 is 1.79 bits per heavy atom. The van der Waals surface area contributed by atoms with Crippen LogP contribution in [0, 0.1) is 0 Å². The zero-order valence-electron chi connectivity index (χ0n) is 11.3. The minimum atomic E-state index is 0.104. The average molecular weight is 283 g/mol. The van der Waals surface area contributed by atoms with Crippen molar-refractivity contribution in [3.8, 4) is 11.5 Å². The lowest BCUT2D eigenvalue weighted by Crippen LogP contribution is -1.93. The van der Waals surface area contributed by atoms with Gasteiger partial charge in [0, 0.05) is 18.4 Å². The van der Waals surface area contributed by atoms with Gasteiger partial charge in [0.05, 0.1) is 14.2 Å². The third kappa shape index (κ3) is 5.79. The fourth-order valence-electron chi connectivity index (χ4n) is 1.59. The summed E-state index contributed by atoms with van der Waals surface area (Å²) in [5.41, 5.74) is 0.877. The molecule has 0 aliphatic rings. The number of ether oxygens (including phenoxy) is 2. The van der Waals surface area contributed by atoms with Crippen LogP contribution in [0.5, 0.6) is 11.5 Å². The van der Waals surface area contributed by atoms with E-state index in [1.54, 1.807) is 32.4 Å². The number of allylic oxidation sites excluding steroid dienone is 1. The molecule has 0 aromatic heterocycles. The molecule has 0 atom stereocenters. The van der Waals surface area contributed by atoms with Crippen LogP contribution in [0.1, 0.15) is 24.8 Å². The van der Waals surface area contributed by atoms with Crippen molar-refractivity contribution in [1.82, 2.24) is 0 Å². The molecule has 0 saturated carbocycles. The number of benzene rings is 1. The van der Waals surface area contributed by atoms with Gasteiger partial charge < -0.3 is 9.47 Å². The van der Waals surface area contributed by atoms with Gasteiger partial charge in [0.2, 0.25) is 0 Å². The Labute approximate surface area is 119 Å². The lowest BCUT2D eigenvalue weighted by atomic mass is 10.1. The molecule has 4 heteroatoms. The first-order chi connectivity index (χ1) is 9.19. The summed E-state index contributed by atoms with van der Waals surface area (Å²) in [6, 6.07) is 5.50. The molecular weight excluding hydrogens is 264 g/mol. The first-order valence-electron chi connectivity index (χ1n) is 6.19. The molecule has 1 aromatic carbocycles. The Bertz CT molecular complexity index is 419. The van der Waals surface area contributed by atoms with Gasteiger partial charge in [-0.25, -0.2) is 0 Å². The Balaban J connectivity index is 2.67. The highest BCUT2D eigenvalue weighted by Crippen LogP contribution is 2.23. The molecule has 0 heterocycles. The summed E-state index contributed by atoms with van der Waals surface area (Å²) in [5.74, 6) is 2.11. The standard InChI is InChI=1S/C15H19ClO3/c1-18-14-9-12(10-15(11-14)19-2)6-7-13(17)5-3-4-8-16/h6-7,9-11H,3-5,8H2,1-2H3. The Morgan fingerprint density at radius 3 is 2.32 bits per heavy atom. The van der Waals surface area contributed by atoms with Crippen molar-refractivity contribution in [1.29, 1.82) is 0 Å². The Kier molecular flexibility index (Phi) is 7.04. The number of unbranched alkanes of at least 4 members (excludes halogenated alkanes) is 1. The fourth-order valence-corrected chi connectivity index (χ4v) is 1.78. The number of carbonyl (C=O) groups excluding carboxylic acids is 1. The maximum Gasteiger partial charge on any atom is 0.155 e. The number of carbonyl (C=O) groups is 1. The van der Waals surface area contributed by atoms with Gasteiger partial charge in [0.15, 0.2) is 5.78 Å². The van der Waals surface area contributed by atoms with Gasteiger partial charge >= 0.3 is 0 Å². The monoisotopic (exact) mass is 282 g/mol. The molecule has 3 nitrogen and oxygen atoms in total. The minimum Gasteiger partial charge on any atom is -0.497 e. The SMILES string of the molecule is COc1cc(C=CC(=O)CCCCCl)cc(OC)c1. The van der Waals surface area contributed by atoms with Gasteiger partial charge in [-0.3, -0.25) is 4.79 Å². The van der Waals surface area contributed by atoms with Crippen LogP contribution >= 0.6 is 11.6 Å². The summed E-state index contributed by atoms with van der Waals surface area (Å²) < 4.78 is 10.3. The molecule has 0 unspecified atom stereocenters. The molecule has 0 fully saturated rings. The number of halogens is 1. The zero-order chi connectivity index (χ0) is 14.1. The van der Waals surface area contributed by atoms with Crippen molar-refractivity contribution in [2.75, 3.05) is 20.1 Å². The lowest BCUT2D eigenvalue weighted by Gasteiger charge is -2.05. The lowest BCUT2D eigenvalue weighted by molar-refractivity contribution is -0.114. The molecule has 0 aliphatic carbocycles. The van der Waals surface area contributed by atoms with E-state index in [9.17, 15) is 4.79 Å². The van der Waals surface area contributed by atoms with Crippen molar-refractivity contribution in [3.63, 3.8) is 0 Å². The van der Waals surface area contributed by atoms with E-state index in [0.717, 1.165) is 18.4 Å². The fraction of sp³-hybridized carbons (Fsp3) is 0.400. The number of hydrogen-bond donors (Lipinski definition) is 0. The molecule has 0 amide bonds. The van der Waals surface area contributed by atoms with Gasteiger partial charge in [0.1, 0.15) is 11.5 Å². The molecule has 0 radical (unpaired) electrons. The first-order valence-corrected chi connectivity index (χ1v) is 6.73. The zero-order valence-corrected chi connectivity index (χ0v) is 12.1. The third-order valence-corrected chi connectivity index (χ3v) is 2.91. The molecule has 1 rings (SSSR count). The number of alkyl halides is 1. The van der Waals surface area contributed by atoms with E-state index in [-0.39, 0.29) is 5.78 Å². The molecule has 0 aliphatic heterocycles. The van der Waals surface area contributed by atoms with E-state index < -0.39 is 0 Å². The van der Waals surface area contributed by atoms with Crippen LogP contribution in [-0.2, 0) is 4.79 Å². The van der Waals surface area contributed by atoms with Gasteiger partial charge in [-0.1, -0.05) is 6.08 Å². The second kappa shape index (κ2) is 8.59. The predicted molar refractivity (Wildman–Crippen MR) is 78.2 cm³/mol. The van der Waals surface area contributed by atoms with E-state index in [1.807, 2.05) is 12.1 Å². The summed E-state index contributed by atoms with van der Waals surface area (Å²) in [6.45, 7) is 0. The van der Waals surface area contributed by atoms with Gasteiger partial charge in [0.25, 0.3) is 0 Å². The number of hydrogen-bond acceptors (Lipinski definition) is 3. The normalized spacial score (nSPS) is 10.7. The molecule has 0 saturated heterocycles. The first kappa shape index (κ1) is 15.6. The van der Waals surface area contributed by atoms with Crippen molar-refractivity contribution >= 4 is 23.5 Å². The van der Waals surface area contributed by atoms with Crippen LogP contribution in [0.15, 0.2) is 24.3 Å². The van der Waals surface area contributed by atoms with Crippen LogP contribution in [-0.4, -0.2) is 25.9 Å². The molecule has 104 valence electrons. The molecule has 0 spiro atoms. The van der Waals surface area contributed by atoms with E-state index in [1.165, 1.54) is 0 Å². The van der Waals surface area contributed by atoms with Crippen molar-refractivity contribution < 1.29 is 14.3 Å². The Morgan fingerprint density at radius 1 is 1.16 bits per heavy atom. The summed E-state index contributed by atoms with van der Waals surface area (Å²) in [6.07, 6.45) is 5.59. The summed E-state index contributed by atoms with van der Waals surface area (Å²) in [5, 5.41) is 0. The third-order valence-electron chi connectivity index (χ3n) is 2.64. The van der Waals surface area contributed by atoms with E-state index in [2.05, 4.69) is 0 Å². The molecular formula is C15H19ClO3. The Hall–Kier alpha value is -1.48. The van der Waals surface area contributed by atoms with Gasteiger partial charge in [-0.15, -0.1) is 11.6 Å². The smallest absolute Gasteiger partial charge is 0.155 e. The van der Waals surface area contributed by atoms with E-state index in [0.29, 0.717) is 23.8 Å². The van der Waals surface area contributed by atoms with E-state index >= 15 is 0 Å². The maximum atomic E-state index is 11.6. The van der Waals surface area contributed by atoms with Crippen LogP contribution < -0.4 is 9.47 Å². The minimum absolute atomic E-state index is 0.104. The highest BCUT2D eigenvalue weighted by Gasteiger charge is 2.01. The summed E-state index contributed by atoms with van der Waals surface area (Å²) in [7, 11) is 3.19. The summed E-state index contributed by atoms with van der Waals surface area (Å²) >= 11 is 5.57. The van der Waals surface area contributed by atoms with Crippen LogP contribution in [0.4, 0.5) is 0 Å².